The third-order valence-electron chi connectivity index (χ3n) is 3.69. The molecule has 1 heterocycles. The van der Waals surface area contributed by atoms with Crippen molar-refractivity contribution in [3.63, 3.8) is 0 Å². The number of carbonyl (C=O) groups excluding carboxylic acids is 1. The van der Waals surface area contributed by atoms with Gasteiger partial charge in [0.2, 0.25) is 0 Å². The topological polar surface area (TPSA) is 90.1 Å². The number of aromatic nitrogens is 2. The highest BCUT2D eigenvalue weighted by Gasteiger charge is 2.14. The Bertz CT molecular complexity index is 928. The summed E-state index contributed by atoms with van der Waals surface area (Å²) in [6, 6.07) is 15.0. The second-order valence-corrected chi connectivity index (χ2v) is 5.68. The van der Waals surface area contributed by atoms with E-state index in [9.17, 15) is 14.9 Å². The minimum Gasteiger partial charge on any atom is -0.306 e. The smallest absolute Gasteiger partial charge is 0.269 e. The van der Waals surface area contributed by atoms with Crippen LogP contribution in [0.25, 0.3) is 5.69 Å². The second-order valence-electron chi connectivity index (χ2n) is 5.68. The van der Waals surface area contributed by atoms with Crippen LogP contribution in [0, 0.1) is 24.0 Å². The van der Waals surface area contributed by atoms with E-state index >= 15 is 0 Å². The van der Waals surface area contributed by atoms with Crippen LogP contribution in [0.5, 0.6) is 0 Å². The Kier molecular flexibility index (Phi) is 4.30. The lowest BCUT2D eigenvalue weighted by Crippen LogP contribution is -2.15. The van der Waals surface area contributed by atoms with Crippen molar-refractivity contribution in [3.8, 4) is 5.69 Å². The van der Waals surface area contributed by atoms with Crippen LogP contribution < -0.4 is 5.32 Å². The number of nitrogens with one attached hydrogen (secondary N) is 1. The van der Waals surface area contributed by atoms with E-state index in [-0.39, 0.29) is 11.6 Å². The largest absolute Gasteiger partial charge is 0.306 e. The maximum absolute atomic E-state index is 12.4. The molecule has 2 aromatic carbocycles. The molecule has 0 radical (unpaired) electrons. The van der Waals surface area contributed by atoms with Crippen LogP contribution in [0.2, 0.25) is 0 Å². The van der Waals surface area contributed by atoms with Gasteiger partial charge in [0.1, 0.15) is 5.82 Å². The lowest BCUT2D eigenvalue weighted by Gasteiger charge is -2.09. The van der Waals surface area contributed by atoms with E-state index in [1.165, 1.54) is 24.3 Å². The highest BCUT2D eigenvalue weighted by molar-refractivity contribution is 6.04. The third kappa shape index (κ3) is 3.55. The molecule has 0 spiro atoms. The normalized spacial score (nSPS) is 10.5. The quantitative estimate of drug-likeness (QED) is 0.581. The predicted octanol–water partition coefficient (Wildman–Crippen LogP) is 3.65. The Balaban J connectivity index is 1.86. The van der Waals surface area contributed by atoms with Gasteiger partial charge < -0.3 is 5.32 Å². The summed E-state index contributed by atoms with van der Waals surface area (Å²) in [5.41, 5.74) is 3.00. The highest BCUT2D eigenvalue weighted by Crippen LogP contribution is 2.19. The molecule has 7 nitrogen and oxygen atoms in total. The van der Waals surface area contributed by atoms with Crippen molar-refractivity contribution >= 4 is 17.4 Å². The fourth-order valence-corrected chi connectivity index (χ4v) is 2.39. The van der Waals surface area contributed by atoms with Gasteiger partial charge in [-0.25, -0.2) is 4.68 Å². The summed E-state index contributed by atoms with van der Waals surface area (Å²) in [5.74, 6) is 0.174. The molecule has 1 amide bonds. The molecule has 0 bridgehead atoms. The van der Waals surface area contributed by atoms with Crippen molar-refractivity contribution in [1.82, 2.24) is 9.78 Å². The van der Waals surface area contributed by atoms with Crippen molar-refractivity contribution in [3.05, 3.63) is 81.5 Å². The summed E-state index contributed by atoms with van der Waals surface area (Å²) in [5, 5.41) is 17.9. The number of nitro benzene ring substituents is 1. The zero-order valence-corrected chi connectivity index (χ0v) is 13.8. The Morgan fingerprint density at radius 3 is 2.32 bits per heavy atom. The van der Waals surface area contributed by atoms with Gasteiger partial charge in [-0.05, 0) is 38.1 Å². The molecule has 7 heteroatoms. The molecule has 0 saturated carbocycles. The van der Waals surface area contributed by atoms with Crippen molar-refractivity contribution in [2.45, 2.75) is 13.8 Å². The van der Waals surface area contributed by atoms with Gasteiger partial charge in [-0.15, -0.1) is 0 Å². The maximum Gasteiger partial charge on any atom is 0.269 e. The van der Waals surface area contributed by atoms with Gasteiger partial charge in [-0.2, -0.15) is 5.10 Å². The fraction of sp³-hybridized carbons (Fsp3) is 0.111. The molecule has 3 rings (SSSR count). The van der Waals surface area contributed by atoms with Gasteiger partial charge in [0.15, 0.2) is 0 Å². The van der Waals surface area contributed by atoms with Gasteiger partial charge in [0, 0.05) is 23.8 Å². The molecular weight excluding hydrogens is 320 g/mol. The molecule has 1 N–H and O–H groups in total. The standard InChI is InChI=1S/C18H16N4O3/c1-12-3-7-15(8-4-12)21-17(11-13(2)20-21)19-18(23)14-5-9-16(10-6-14)22(24)25/h3-11H,1-2H3,(H,19,23). The molecule has 25 heavy (non-hydrogen) atoms. The molecular formula is C18H16N4O3. The fourth-order valence-electron chi connectivity index (χ4n) is 2.39. The molecule has 0 unspecified atom stereocenters. The first-order valence-corrected chi connectivity index (χ1v) is 7.63. The van der Waals surface area contributed by atoms with E-state index in [0.29, 0.717) is 11.4 Å². The van der Waals surface area contributed by atoms with Crippen LogP contribution in [0.4, 0.5) is 11.5 Å². The summed E-state index contributed by atoms with van der Waals surface area (Å²) in [6.45, 7) is 3.83. The van der Waals surface area contributed by atoms with Crippen LogP contribution >= 0.6 is 0 Å². The molecule has 0 saturated heterocycles. The van der Waals surface area contributed by atoms with Gasteiger partial charge in [0.25, 0.3) is 11.6 Å². The minimum atomic E-state index is -0.502. The molecule has 126 valence electrons. The zero-order chi connectivity index (χ0) is 18.0. The number of amides is 1. The Morgan fingerprint density at radius 1 is 1.08 bits per heavy atom. The number of aryl methyl sites for hydroxylation is 2. The van der Waals surface area contributed by atoms with Crippen LogP contribution in [0.1, 0.15) is 21.6 Å². The van der Waals surface area contributed by atoms with E-state index in [2.05, 4.69) is 10.4 Å². The molecule has 0 aliphatic heterocycles. The van der Waals surface area contributed by atoms with Crippen LogP contribution in [0.3, 0.4) is 0 Å². The molecule has 3 aromatic rings. The molecule has 1 aromatic heterocycles. The number of rotatable bonds is 4. The zero-order valence-electron chi connectivity index (χ0n) is 13.8. The Morgan fingerprint density at radius 2 is 1.72 bits per heavy atom. The van der Waals surface area contributed by atoms with E-state index in [1.807, 2.05) is 38.1 Å². The van der Waals surface area contributed by atoms with Gasteiger partial charge in [0.05, 0.1) is 16.3 Å². The Labute approximate surface area is 144 Å². The minimum absolute atomic E-state index is 0.0582. The lowest BCUT2D eigenvalue weighted by atomic mass is 10.2. The maximum atomic E-state index is 12.4. The SMILES string of the molecule is Cc1ccc(-n2nc(C)cc2NC(=O)c2ccc([N+](=O)[O-])cc2)cc1. The number of hydrogen-bond acceptors (Lipinski definition) is 4. The molecule has 0 fully saturated rings. The average molecular weight is 336 g/mol. The van der Waals surface area contributed by atoms with E-state index < -0.39 is 4.92 Å². The third-order valence-corrected chi connectivity index (χ3v) is 3.69. The number of carbonyl (C=O) groups is 1. The van der Waals surface area contributed by atoms with E-state index in [4.69, 9.17) is 0 Å². The van der Waals surface area contributed by atoms with Crippen molar-refractivity contribution in [1.29, 1.82) is 0 Å². The van der Waals surface area contributed by atoms with Crippen molar-refractivity contribution in [2.24, 2.45) is 0 Å². The summed E-state index contributed by atoms with van der Waals surface area (Å²) >= 11 is 0. The monoisotopic (exact) mass is 336 g/mol. The average Bonchev–Trinajstić information content (AvgIpc) is 2.96. The number of anilines is 1. The summed E-state index contributed by atoms with van der Waals surface area (Å²) in [7, 11) is 0. The summed E-state index contributed by atoms with van der Waals surface area (Å²) in [6.07, 6.45) is 0. The van der Waals surface area contributed by atoms with Crippen LogP contribution in [0.15, 0.2) is 54.6 Å². The Hall–Kier alpha value is -3.48. The second kappa shape index (κ2) is 6.56. The highest BCUT2D eigenvalue weighted by atomic mass is 16.6. The number of non-ortho nitro benzene ring substituents is 1. The van der Waals surface area contributed by atoms with Gasteiger partial charge >= 0.3 is 0 Å². The van der Waals surface area contributed by atoms with E-state index in [0.717, 1.165) is 16.9 Å². The molecule has 0 aliphatic carbocycles. The predicted molar refractivity (Wildman–Crippen MR) is 94.1 cm³/mol. The molecule has 0 aliphatic rings. The summed E-state index contributed by atoms with van der Waals surface area (Å²) in [4.78, 5) is 22.6. The lowest BCUT2D eigenvalue weighted by molar-refractivity contribution is -0.384. The van der Waals surface area contributed by atoms with Crippen LogP contribution in [-0.2, 0) is 0 Å². The van der Waals surface area contributed by atoms with Gasteiger partial charge in [-0.3, -0.25) is 14.9 Å². The summed E-state index contributed by atoms with van der Waals surface area (Å²) < 4.78 is 1.65. The van der Waals surface area contributed by atoms with Crippen molar-refractivity contribution in [2.75, 3.05) is 5.32 Å². The number of nitro groups is 1. The first-order valence-electron chi connectivity index (χ1n) is 7.63. The molecule has 0 atom stereocenters. The van der Waals surface area contributed by atoms with Crippen LogP contribution in [-0.4, -0.2) is 20.6 Å². The first kappa shape index (κ1) is 16.4. The number of nitrogens with zero attached hydrogens (tertiary/aromatic N) is 3. The number of benzene rings is 2. The van der Waals surface area contributed by atoms with Gasteiger partial charge in [-0.1, -0.05) is 17.7 Å². The first-order chi connectivity index (χ1) is 11.9. The van der Waals surface area contributed by atoms with Crippen molar-refractivity contribution < 1.29 is 9.72 Å². The number of hydrogen-bond donors (Lipinski definition) is 1. The van der Waals surface area contributed by atoms with E-state index in [1.54, 1.807) is 10.7 Å².